The quantitative estimate of drug-likeness (QED) is 0.645. The first-order chi connectivity index (χ1) is 13.0. The van der Waals surface area contributed by atoms with Gasteiger partial charge in [0.1, 0.15) is 11.5 Å². The predicted octanol–water partition coefficient (Wildman–Crippen LogP) is 4.91. The molecule has 2 rings (SSSR count). The first-order valence-electron chi connectivity index (χ1n) is 9.41. The summed E-state index contributed by atoms with van der Waals surface area (Å²) in [6.45, 7) is 10.2. The van der Waals surface area contributed by atoms with Gasteiger partial charge in [-0.15, -0.1) is 0 Å². The minimum atomic E-state index is -0.199. The second-order valence-electron chi connectivity index (χ2n) is 6.55. The third kappa shape index (κ3) is 6.29. The van der Waals surface area contributed by atoms with E-state index in [9.17, 15) is 4.79 Å². The van der Waals surface area contributed by atoms with Crippen molar-refractivity contribution in [2.45, 2.75) is 34.3 Å². The van der Waals surface area contributed by atoms with Crippen molar-refractivity contribution in [2.24, 2.45) is 5.92 Å². The molecular formula is C22H29NO4. The lowest BCUT2D eigenvalue weighted by molar-refractivity contribution is 0.0948. The number of carbonyl (C=O) groups is 1. The Labute approximate surface area is 161 Å². The number of hydrogen-bond acceptors (Lipinski definition) is 4. The highest BCUT2D eigenvalue weighted by Crippen LogP contribution is 2.26. The summed E-state index contributed by atoms with van der Waals surface area (Å²) in [7, 11) is 0. The van der Waals surface area contributed by atoms with Gasteiger partial charge in [-0.05, 0) is 50.1 Å². The van der Waals surface area contributed by atoms with Crippen LogP contribution >= 0.6 is 0 Å². The number of nitrogens with one attached hydrogen (secondary N) is 1. The van der Waals surface area contributed by atoms with Gasteiger partial charge in [0.25, 0.3) is 5.91 Å². The number of para-hydroxylation sites is 2. The third-order valence-corrected chi connectivity index (χ3v) is 3.77. The molecule has 0 aliphatic carbocycles. The SMILES string of the molecule is CCOc1ccc(C(=O)Nc2ccccc2OCC)cc1COCC(C)C. The van der Waals surface area contributed by atoms with Crippen LogP contribution in [0.25, 0.3) is 0 Å². The molecule has 0 heterocycles. The van der Waals surface area contributed by atoms with Gasteiger partial charge in [-0.3, -0.25) is 4.79 Å². The van der Waals surface area contributed by atoms with Gasteiger partial charge in [-0.1, -0.05) is 26.0 Å². The van der Waals surface area contributed by atoms with Crippen LogP contribution in [-0.2, 0) is 11.3 Å². The smallest absolute Gasteiger partial charge is 0.255 e. The fourth-order valence-corrected chi connectivity index (χ4v) is 2.58. The normalized spacial score (nSPS) is 10.7. The number of anilines is 1. The molecule has 0 aliphatic heterocycles. The molecule has 2 aromatic carbocycles. The van der Waals surface area contributed by atoms with Gasteiger partial charge in [0, 0.05) is 17.7 Å². The van der Waals surface area contributed by atoms with Crippen molar-refractivity contribution >= 4 is 11.6 Å². The van der Waals surface area contributed by atoms with Gasteiger partial charge >= 0.3 is 0 Å². The topological polar surface area (TPSA) is 56.8 Å². The van der Waals surface area contributed by atoms with E-state index in [1.807, 2.05) is 50.2 Å². The summed E-state index contributed by atoms with van der Waals surface area (Å²) in [4.78, 5) is 12.7. The van der Waals surface area contributed by atoms with Gasteiger partial charge < -0.3 is 19.5 Å². The van der Waals surface area contributed by atoms with Crippen molar-refractivity contribution in [3.63, 3.8) is 0 Å². The summed E-state index contributed by atoms with van der Waals surface area (Å²) in [5.41, 5.74) is 2.06. The lowest BCUT2D eigenvalue weighted by atomic mass is 10.1. The standard InChI is InChI=1S/C22H29NO4/c1-5-26-20-12-11-17(13-18(20)15-25-14-16(3)4)22(24)23-19-9-7-8-10-21(19)27-6-2/h7-13,16H,5-6,14-15H2,1-4H3,(H,23,24). The van der Waals surface area contributed by atoms with Crippen LogP contribution in [0.5, 0.6) is 11.5 Å². The lowest BCUT2D eigenvalue weighted by Gasteiger charge is -2.14. The molecular weight excluding hydrogens is 342 g/mol. The molecule has 0 saturated heterocycles. The molecule has 146 valence electrons. The average molecular weight is 371 g/mol. The number of ether oxygens (including phenoxy) is 3. The zero-order chi connectivity index (χ0) is 19.6. The molecule has 5 heteroatoms. The van der Waals surface area contributed by atoms with Gasteiger partial charge in [-0.2, -0.15) is 0 Å². The highest BCUT2D eigenvalue weighted by molar-refractivity contribution is 6.05. The van der Waals surface area contributed by atoms with E-state index in [1.165, 1.54) is 0 Å². The van der Waals surface area contributed by atoms with E-state index >= 15 is 0 Å². The van der Waals surface area contributed by atoms with Crippen LogP contribution in [0.15, 0.2) is 42.5 Å². The van der Waals surface area contributed by atoms with E-state index in [0.717, 1.165) is 11.3 Å². The molecule has 0 atom stereocenters. The Balaban J connectivity index is 2.18. The van der Waals surface area contributed by atoms with Crippen molar-refractivity contribution < 1.29 is 19.0 Å². The van der Waals surface area contributed by atoms with E-state index in [1.54, 1.807) is 6.07 Å². The van der Waals surface area contributed by atoms with Crippen molar-refractivity contribution in [3.8, 4) is 11.5 Å². The molecule has 0 bridgehead atoms. The number of benzene rings is 2. The monoisotopic (exact) mass is 371 g/mol. The van der Waals surface area contributed by atoms with Crippen LogP contribution < -0.4 is 14.8 Å². The molecule has 2 aromatic rings. The molecule has 0 aromatic heterocycles. The van der Waals surface area contributed by atoms with Crippen molar-refractivity contribution in [1.82, 2.24) is 0 Å². The molecule has 0 spiro atoms. The van der Waals surface area contributed by atoms with Crippen LogP contribution in [0.3, 0.4) is 0 Å². The van der Waals surface area contributed by atoms with Crippen LogP contribution in [0.4, 0.5) is 5.69 Å². The Kier molecular flexibility index (Phi) is 8.14. The molecule has 1 amide bonds. The van der Waals surface area contributed by atoms with Gasteiger partial charge in [0.15, 0.2) is 0 Å². The van der Waals surface area contributed by atoms with E-state index < -0.39 is 0 Å². The summed E-state index contributed by atoms with van der Waals surface area (Å²) in [6.07, 6.45) is 0. The summed E-state index contributed by atoms with van der Waals surface area (Å²) in [5, 5.41) is 2.92. The molecule has 5 nitrogen and oxygen atoms in total. The van der Waals surface area contributed by atoms with Gasteiger partial charge in [-0.25, -0.2) is 0 Å². The van der Waals surface area contributed by atoms with Crippen molar-refractivity contribution in [1.29, 1.82) is 0 Å². The number of rotatable bonds is 10. The summed E-state index contributed by atoms with van der Waals surface area (Å²) >= 11 is 0. The maximum Gasteiger partial charge on any atom is 0.255 e. The molecule has 27 heavy (non-hydrogen) atoms. The van der Waals surface area contributed by atoms with Gasteiger partial charge in [0.2, 0.25) is 0 Å². The zero-order valence-electron chi connectivity index (χ0n) is 16.6. The fraction of sp³-hybridized carbons (Fsp3) is 0.409. The van der Waals surface area contributed by atoms with E-state index in [0.29, 0.717) is 49.3 Å². The highest BCUT2D eigenvalue weighted by Gasteiger charge is 2.13. The average Bonchev–Trinajstić information content (AvgIpc) is 2.64. The Morgan fingerprint density at radius 3 is 2.41 bits per heavy atom. The van der Waals surface area contributed by atoms with Crippen molar-refractivity contribution in [2.75, 3.05) is 25.1 Å². The van der Waals surface area contributed by atoms with Crippen molar-refractivity contribution in [3.05, 3.63) is 53.6 Å². The first kappa shape index (κ1) is 20.8. The highest BCUT2D eigenvalue weighted by atomic mass is 16.5. The van der Waals surface area contributed by atoms with E-state index in [2.05, 4.69) is 19.2 Å². The third-order valence-electron chi connectivity index (χ3n) is 3.77. The Hall–Kier alpha value is -2.53. The molecule has 0 unspecified atom stereocenters. The largest absolute Gasteiger partial charge is 0.494 e. The van der Waals surface area contributed by atoms with Crippen LogP contribution in [-0.4, -0.2) is 25.7 Å². The molecule has 1 N–H and O–H groups in total. The van der Waals surface area contributed by atoms with E-state index in [4.69, 9.17) is 14.2 Å². The summed E-state index contributed by atoms with van der Waals surface area (Å²) < 4.78 is 17.0. The summed E-state index contributed by atoms with van der Waals surface area (Å²) in [5.74, 6) is 1.64. The maximum absolute atomic E-state index is 12.7. The molecule has 0 radical (unpaired) electrons. The van der Waals surface area contributed by atoms with Gasteiger partial charge in [0.05, 0.1) is 25.5 Å². The van der Waals surface area contributed by atoms with Crippen LogP contribution in [0.2, 0.25) is 0 Å². The predicted molar refractivity (Wildman–Crippen MR) is 108 cm³/mol. The Morgan fingerprint density at radius 2 is 1.70 bits per heavy atom. The lowest BCUT2D eigenvalue weighted by Crippen LogP contribution is -2.14. The Bertz CT molecular complexity index is 743. The molecule has 0 saturated carbocycles. The second kappa shape index (κ2) is 10.6. The Morgan fingerprint density at radius 1 is 1.00 bits per heavy atom. The molecule has 0 aliphatic rings. The minimum Gasteiger partial charge on any atom is -0.494 e. The molecule has 0 fully saturated rings. The maximum atomic E-state index is 12.7. The summed E-state index contributed by atoms with van der Waals surface area (Å²) in [6, 6.07) is 12.8. The van der Waals surface area contributed by atoms with E-state index in [-0.39, 0.29) is 5.91 Å². The number of carbonyl (C=O) groups excluding carboxylic acids is 1. The first-order valence-corrected chi connectivity index (χ1v) is 9.41. The fourth-order valence-electron chi connectivity index (χ4n) is 2.58. The van der Waals surface area contributed by atoms with Crippen LogP contribution in [0, 0.1) is 5.92 Å². The zero-order valence-corrected chi connectivity index (χ0v) is 16.6. The van der Waals surface area contributed by atoms with Crippen LogP contribution in [0.1, 0.15) is 43.6 Å². The second-order valence-corrected chi connectivity index (χ2v) is 6.55. The minimum absolute atomic E-state index is 0.199. The number of amides is 1. The number of hydrogen-bond donors (Lipinski definition) is 1.